The summed E-state index contributed by atoms with van der Waals surface area (Å²) in [5.41, 5.74) is 8.55. The Labute approximate surface area is 81.6 Å². The Kier molecular flexibility index (Phi) is 4.52. The number of rotatable bonds is 4. The van der Waals surface area contributed by atoms with Gasteiger partial charge in [0.2, 0.25) is 0 Å². The van der Waals surface area contributed by atoms with Crippen LogP contribution < -0.4 is 0 Å². The fraction of sp³-hybridized carbons (Fsp3) is 1.00. The highest BCUT2D eigenvalue weighted by molar-refractivity contribution is 8.26. The molecule has 0 rings (SSSR count). The summed E-state index contributed by atoms with van der Waals surface area (Å²) < 4.78 is 9.71. The van der Waals surface area contributed by atoms with Gasteiger partial charge in [-0.3, -0.25) is 0 Å². The molecule has 0 aromatic heterocycles. The smallest absolute Gasteiger partial charge is 0.0146 e. The second-order valence-corrected chi connectivity index (χ2v) is 6.43. The normalized spacial score (nSPS) is 13.6. The van der Waals surface area contributed by atoms with E-state index in [-0.39, 0.29) is 0 Å². The van der Waals surface area contributed by atoms with Crippen molar-refractivity contribution in [3.8, 4) is 0 Å². The van der Waals surface area contributed by atoms with Crippen molar-refractivity contribution in [2.75, 3.05) is 42.3 Å². The molecule has 0 saturated carbocycles. The molecule has 0 aliphatic heterocycles. The van der Waals surface area contributed by atoms with E-state index in [9.17, 15) is 0 Å². The van der Waals surface area contributed by atoms with Crippen LogP contribution in [0.15, 0.2) is 4.52 Å². The second-order valence-electron chi connectivity index (χ2n) is 3.10. The Morgan fingerprint density at radius 2 is 1.23 bits per heavy atom. The molecular weight excluding hydrogens is 188 g/mol. The molecule has 13 heavy (non-hydrogen) atoms. The Hall–Kier alpha value is -0.460. The molecule has 0 atom stereocenters. The van der Waals surface area contributed by atoms with Gasteiger partial charge in [-0.05, 0) is 52.3 Å². The van der Waals surface area contributed by atoms with E-state index in [1.54, 1.807) is 0 Å². The summed E-state index contributed by atoms with van der Waals surface area (Å²) in [7, 11) is 9.75. The van der Waals surface area contributed by atoms with E-state index in [0.29, 0.717) is 0 Å². The molecule has 0 saturated heterocycles. The van der Waals surface area contributed by atoms with Crippen LogP contribution in [0.3, 0.4) is 0 Å². The molecule has 6 nitrogen and oxygen atoms in total. The highest BCUT2D eigenvalue weighted by Crippen LogP contribution is 2.54. The number of hydrogen-bond acceptors (Lipinski definition) is 4. The van der Waals surface area contributed by atoms with Gasteiger partial charge in [-0.15, -0.1) is 0 Å². The van der Waals surface area contributed by atoms with Crippen molar-refractivity contribution in [1.29, 1.82) is 0 Å². The summed E-state index contributed by atoms with van der Waals surface area (Å²) in [4.78, 5) is 2.91. The van der Waals surface area contributed by atoms with E-state index >= 15 is 0 Å². The molecule has 0 heterocycles. The predicted octanol–water partition coefficient (Wildman–Crippen LogP) is 1.45. The van der Waals surface area contributed by atoms with Gasteiger partial charge in [0, 0.05) is 15.7 Å². The van der Waals surface area contributed by atoms with Gasteiger partial charge in [0.15, 0.2) is 0 Å². The lowest BCUT2D eigenvalue weighted by Crippen LogP contribution is -2.38. The lowest BCUT2D eigenvalue weighted by molar-refractivity contribution is 0.495. The minimum Gasteiger partial charge on any atom is -0.245 e. The van der Waals surface area contributed by atoms with Crippen LogP contribution in [0.5, 0.6) is 0 Å². The molecule has 0 aliphatic carbocycles. The lowest BCUT2D eigenvalue weighted by Gasteiger charge is -2.49. The maximum atomic E-state index is 8.55. The van der Waals surface area contributed by atoms with Crippen LogP contribution in [-0.2, 0) is 0 Å². The van der Waals surface area contributed by atoms with E-state index in [1.165, 1.54) is 0 Å². The summed E-state index contributed by atoms with van der Waals surface area (Å²) in [5.74, 6) is 0. The van der Waals surface area contributed by atoms with E-state index in [0.717, 1.165) is 0 Å². The van der Waals surface area contributed by atoms with Gasteiger partial charge in [-0.2, -0.15) is 0 Å². The van der Waals surface area contributed by atoms with Crippen LogP contribution in [0.25, 0.3) is 10.4 Å². The van der Waals surface area contributed by atoms with Crippen molar-refractivity contribution in [3.05, 3.63) is 10.4 Å². The van der Waals surface area contributed by atoms with E-state index in [4.69, 9.17) is 5.53 Å². The van der Waals surface area contributed by atoms with Crippen LogP contribution in [0.4, 0.5) is 0 Å². The molecule has 0 aromatic rings. The summed E-state index contributed by atoms with van der Waals surface area (Å²) >= 11 is 0. The molecule has 0 bridgehead atoms. The van der Waals surface area contributed by atoms with Crippen molar-refractivity contribution >= 4 is 10.8 Å². The zero-order valence-electron chi connectivity index (χ0n) is 9.09. The van der Waals surface area contributed by atoms with Gasteiger partial charge < -0.3 is 0 Å². The highest BCUT2D eigenvalue weighted by Gasteiger charge is 2.30. The first kappa shape index (κ1) is 12.5. The molecule has 0 N–H and O–H groups in total. The van der Waals surface area contributed by atoms with Crippen molar-refractivity contribution in [2.24, 2.45) is 4.52 Å². The van der Waals surface area contributed by atoms with Gasteiger partial charge >= 0.3 is 0 Å². The zero-order chi connectivity index (χ0) is 10.6. The minimum absolute atomic E-state index is 1.69. The van der Waals surface area contributed by atoms with Gasteiger partial charge in [-0.1, -0.05) is 0 Å². The predicted molar refractivity (Wildman–Crippen MR) is 57.8 cm³/mol. The molecule has 78 valence electrons. The molecule has 0 spiro atoms. The van der Waals surface area contributed by atoms with E-state index in [2.05, 4.69) is 9.43 Å². The first-order valence-electron chi connectivity index (χ1n) is 3.81. The molecule has 0 aromatic carbocycles. The van der Waals surface area contributed by atoms with Gasteiger partial charge in [0.05, 0.1) is 0 Å². The van der Waals surface area contributed by atoms with Crippen molar-refractivity contribution in [2.45, 2.75) is 0 Å². The quantitative estimate of drug-likeness (QED) is 0.397. The summed E-state index contributed by atoms with van der Waals surface area (Å²) in [5, 5.41) is 0. The van der Waals surface area contributed by atoms with E-state index < -0.39 is 10.8 Å². The number of hydrogen-bond donors (Lipinski definition) is 0. The van der Waals surface area contributed by atoms with Gasteiger partial charge in [0.25, 0.3) is 0 Å². The molecule has 0 radical (unpaired) electrons. The Morgan fingerprint density at radius 1 is 0.923 bits per heavy atom. The SMILES string of the molecule is CN(C)S(N=[N+]=[N-])(N(C)C)N(C)C. The average Bonchev–Trinajstić information content (AvgIpc) is 1.97. The fourth-order valence-corrected chi connectivity index (χ4v) is 3.74. The van der Waals surface area contributed by atoms with Crippen LogP contribution in [-0.4, -0.2) is 55.2 Å². The Bertz CT molecular complexity index is 185. The first-order valence-corrected chi connectivity index (χ1v) is 5.27. The van der Waals surface area contributed by atoms with Gasteiger partial charge in [0.1, 0.15) is 0 Å². The van der Waals surface area contributed by atoms with Crippen LogP contribution in [0, 0.1) is 0 Å². The largest absolute Gasteiger partial charge is 0.245 e. The maximum absolute atomic E-state index is 8.55. The standard InChI is InChI=1S/C6H18N6S/c1-10(2)13(9-8-7,11(3)4)12(5)6/h1-6H3. The van der Waals surface area contributed by atoms with Crippen molar-refractivity contribution in [1.82, 2.24) is 12.9 Å². The van der Waals surface area contributed by atoms with Gasteiger partial charge in [-0.25, -0.2) is 12.9 Å². The Balaban J connectivity index is 5.17. The first-order chi connectivity index (χ1) is 5.89. The third-order valence-electron chi connectivity index (χ3n) is 1.62. The maximum Gasteiger partial charge on any atom is 0.0146 e. The topological polar surface area (TPSA) is 58.5 Å². The molecule has 7 heteroatoms. The zero-order valence-corrected chi connectivity index (χ0v) is 9.91. The molecule has 0 fully saturated rings. The molecule has 0 aliphatic rings. The number of nitrogens with zero attached hydrogens (tertiary/aromatic N) is 6. The monoisotopic (exact) mass is 206 g/mol. The van der Waals surface area contributed by atoms with Crippen molar-refractivity contribution in [3.63, 3.8) is 0 Å². The van der Waals surface area contributed by atoms with Crippen molar-refractivity contribution < 1.29 is 0 Å². The van der Waals surface area contributed by atoms with E-state index in [1.807, 2.05) is 55.2 Å². The summed E-state index contributed by atoms with van der Waals surface area (Å²) in [6, 6.07) is 0. The average molecular weight is 206 g/mol. The second kappa shape index (κ2) is 4.69. The molecular formula is C6H18N6S. The lowest BCUT2D eigenvalue weighted by atomic mass is 11.2. The summed E-state index contributed by atoms with van der Waals surface area (Å²) in [6.45, 7) is 0. The van der Waals surface area contributed by atoms with Crippen LogP contribution >= 0.6 is 10.8 Å². The third kappa shape index (κ3) is 2.26. The third-order valence-corrected chi connectivity index (χ3v) is 4.85. The summed E-state index contributed by atoms with van der Waals surface area (Å²) in [6.07, 6.45) is 0. The van der Waals surface area contributed by atoms with Crippen LogP contribution in [0.2, 0.25) is 0 Å². The molecule has 0 unspecified atom stereocenters. The fourth-order valence-electron chi connectivity index (χ4n) is 1.25. The van der Waals surface area contributed by atoms with Crippen LogP contribution in [0.1, 0.15) is 0 Å². The highest BCUT2D eigenvalue weighted by atomic mass is 32.3. The Morgan fingerprint density at radius 3 is 1.31 bits per heavy atom. The minimum atomic E-state index is -1.69. The number of azide groups is 1. The molecule has 0 amide bonds.